The summed E-state index contributed by atoms with van der Waals surface area (Å²) in [6.07, 6.45) is -0.442. The molecule has 2 amide bonds. The number of anilines is 1. The lowest BCUT2D eigenvalue weighted by Gasteiger charge is -2.32. The lowest BCUT2D eigenvalue weighted by molar-refractivity contribution is -0.148. The molecular weight excluding hydrogens is 311 g/mol. The van der Waals surface area contributed by atoms with Crippen LogP contribution < -0.4 is 5.32 Å². The van der Waals surface area contributed by atoms with E-state index in [1.165, 1.54) is 17.0 Å². The van der Waals surface area contributed by atoms with Crippen LogP contribution >= 0.6 is 0 Å². The first-order chi connectivity index (χ1) is 11.6. The van der Waals surface area contributed by atoms with Gasteiger partial charge in [0, 0.05) is 12.2 Å². The van der Waals surface area contributed by atoms with E-state index in [1.54, 1.807) is 36.4 Å². The van der Waals surface area contributed by atoms with Gasteiger partial charge in [0.25, 0.3) is 0 Å². The summed E-state index contributed by atoms with van der Waals surface area (Å²) in [5.74, 6) is -1.67. The highest BCUT2D eigenvalue weighted by atomic mass is 19.1. The van der Waals surface area contributed by atoms with Crippen molar-refractivity contribution in [2.75, 3.05) is 25.0 Å². The lowest BCUT2D eigenvalue weighted by atomic mass is 10.1. The van der Waals surface area contributed by atoms with E-state index < -0.39 is 17.9 Å². The summed E-state index contributed by atoms with van der Waals surface area (Å²) in [6, 6.07) is 14.8. The summed E-state index contributed by atoms with van der Waals surface area (Å²) in [4.78, 5) is 25.9. The van der Waals surface area contributed by atoms with Crippen molar-refractivity contribution in [1.82, 2.24) is 4.90 Å². The van der Waals surface area contributed by atoms with Gasteiger partial charge < -0.3 is 15.0 Å². The van der Waals surface area contributed by atoms with E-state index >= 15 is 0 Å². The second-order valence-electron chi connectivity index (χ2n) is 5.49. The van der Waals surface area contributed by atoms with Crippen LogP contribution in [0.3, 0.4) is 0 Å². The quantitative estimate of drug-likeness (QED) is 0.861. The molecule has 1 heterocycles. The minimum absolute atomic E-state index is 0.213. The molecule has 6 heteroatoms. The average Bonchev–Trinajstić information content (AvgIpc) is 2.62. The summed E-state index contributed by atoms with van der Waals surface area (Å²) in [7, 11) is 0. The molecule has 0 spiro atoms. The van der Waals surface area contributed by atoms with Crippen molar-refractivity contribution in [3.05, 3.63) is 66.0 Å². The molecule has 1 fully saturated rings. The van der Waals surface area contributed by atoms with Crippen LogP contribution in [0.1, 0.15) is 11.7 Å². The van der Waals surface area contributed by atoms with Crippen molar-refractivity contribution in [2.24, 2.45) is 0 Å². The Labute approximate surface area is 139 Å². The molecule has 0 bridgehead atoms. The van der Waals surface area contributed by atoms with E-state index in [-0.39, 0.29) is 12.4 Å². The Morgan fingerprint density at radius 3 is 2.67 bits per heavy atom. The van der Waals surface area contributed by atoms with Crippen molar-refractivity contribution in [2.45, 2.75) is 6.10 Å². The highest BCUT2D eigenvalue weighted by Crippen LogP contribution is 2.23. The summed E-state index contributed by atoms with van der Waals surface area (Å²) < 4.78 is 19.0. The fraction of sp³-hybridized carbons (Fsp3) is 0.222. The van der Waals surface area contributed by atoms with Gasteiger partial charge in [-0.15, -0.1) is 0 Å². The van der Waals surface area contributed by atoms with E-state index in [4.69, 9.17) is 4.74 Å². The van der Waals surface area contributed by atoms with Crippen LogP contribution in [0.15, 0.2) is 54.6 Å². The molecule has 24 heavy (non-hydrogen) atoms. The number of carbonyl (C=O) groups is 2. The van der Waals surface area contributed by atoms with Gasteiger partial charge in [0.2, 0.25) is 0 Å². The van der Waals surface area contributed by atoms with Crippen LogP contribution in [0, 0.1) is 5.82 Å². The number of benzene rings is 2. The number of rotatable bonds is 2. The second kappa shape index (κ2) is 7.23. The van der Waals surface area contributed by atoms with E-state index in [0.29, 0.717) is 24.4 Å². The highest BCUT2D eigenvalue weighted by Gasteiger charge is 2.29. The molecule has 124 valence electrons. The Bertz CT molecular complexity index is 736. The Hall–Kier alpha value is -2.73. The van der Waals surface area contributed by atoms with Gasteiger partial charge in [-0.25, -0.2) is 4.39 Å². The van der Waals surface area contributed by atoms with Crippen molar-refractivity contribution in [3.63, 3.8) is 0 Å². The zero-order valence-corrected chi connectivity index (χ0v) is 12.9. The lowest BCUT2D eigenvalue weighted by Crippen LogP contribution is -2.46. The number of nitrogens with zero attached hydrogens (tertiary/aromatic N) is 1. The van der Waals surface area contributed by atoms with Crippen molar-refractivity contribution in [3.8, 4) is 0 Å². The summed E-state index contributed by atoms with van der Waals surface area (Å²) in [6.45, 7) is 0.836. The number of nitrogens with one attached hydrogen (secondary N) is 1. The van der Waals surface area contributed by atoms with E-state index in [9.17, 15) is 14.0 Å². The highest BCUT2D eigenvalue weighted by molar-refractivity contribution is 6.39. The average molecular weight is 328 g/mol. The predicted molar refractivity (Wildman–Crippen MR) is 86.7 cm³/mol. The standard InChI is InChI=1S/C18H17FN2O3/c19-14-6-4-5-13(11-14)16-12-21(9-10-24-16)18(23)17(22)20-15-7-2-1-3-8-15/h1-8,11,16H,9-10,12H2,(H,20,22). The van der Waals surface area contributed by atoms with Gasteiger partial charge in [-0.2, -0.15) is 0 Å². The first-order valence-electron chi connectivity index (χ1n) is 7.66. The maximum Gasteiger partial charge on any atom is 0.313 e. The Morgan fingerprint density at radius 2 is 1.92 bits per heavy atom. The number of hydrogen-bond acceptors (Lipinski definition) is 3. The van der Waals surface area contributed by atoms with Gasteiger partial charge in [-0.05, 0) is 29.8 Å². The first kappa shape index (κ1) is 16.1. The van der Waals surface area contributed by atoms with Crippen molar-refractivity contribution in [1.29, 1.82) is 0 Å². The summed E-state index contributed by atoms with van der Waals surface area (Å²) in [5, 5.41) is 2.57. The molecule has 1 aliphatic heterocycles. The molecule has 1 atom stereocenters. The molecule has 2 aromatic carbocycles. The van der Waals surface area contributed by atoms with Crippen LogP contribution in [0.5, 0.6) is 0 Å². The predicted octanol–water partition coefficient (Wildman–Crippen LogP) is 2.36. The molecule has 1 N–H and O–H groups in total. The van der Waals surface area contributed by atoms with E-state index in [2.05, 4.69) is 5.32 Å². The Morgan fingerprint density at radius 1 is 1.12 bits per heavy atom. The third-order valence-corrected chi connectivity index (χ3v) is 3.80. The van der Waals surface area contributed by atoms with Gasteiger partial charge in [0.15, 0.2) is 0 Å². The summed E-state index contributed by atoms with van der Waals surface area (Å²) in [5.41, 5.74) is 1.21. The fourth-order valence-corrected chi connectivity index (χ4v) is 2.59. The molecule has 2 aromatic rings. The van der Waals surface area contributed by atoms with Crippen molar-refractivity contribution >= 4 is 17.5 Å². The second-order valence-corrected chi connectivity index (χ2v) is 5.49. The van der Waals surface area contributed by atoms with Gasteiger partial charge in [0.1, 0.15) is 11.9 Å². The van der Waals surface area contributed by atoms with Gasteiger partial charge >= 0.3 is 11.8 Å². The van der Waals surface area contributed by atoms with Crippen LogP contribution in [-0.4, -0.2) is 36.4 Å². The van der Waals surface area contributed by atoms with Crippen molar-refractivity contribution < 1.29 is 18.7 Å². The first-order valence-corrected chi connectivity index (χ1v) is 7.66. The molecule has 1 aliphatic rings. The number of para-hydroxylation sites is 1. The van der Waals surface area contributed by atoms with Gasteiger partial charge in [0.05, 0.1) is 13.2 Å². The topological polar surface area (TPSA) is 58.6 Å². The third-order valence-electron chi connectivity index (χ3n) is 3.80. The SMILES string of the molecule is O=C(Nc1ccccc1)C(=O)N1CCOC(c2cccc(F)c2)C1. The normalized spacial score (nSPS) is 17.4. The molecular formula is C18H17FN2O3. The minimum atomic E-state index is -0.693. The Kier molecular flexibility index (Phi) is 4.86. The zero-order valence-electron chi connectivity index (χ0n) is 12.9. The number of carbonyl (C=O) groups excluding carboxylic acids is 2. The number of halogens is 1. The van der Waals surface area contributed by atoms with Crippen LogP contribution in [0.4, 0.5) is 10.1 Å². The summed E-state index contributed by atoms with van der Waals surface area (Å²) >= 11 is 0. The monoisotopic (exact) mass is 328 g/mol. The van der Waals surface area contributed by atoms with E-state index in [1.807, 2.05) is 6.07 Å². The molecule has 0 saturated carbocycles. The number of amides is 2. The van der Waals surface area contributed by atoms with Gasteiger partial charge in [-0.3, -0.25) is 9.59 Å². The molecule has 0 radical (unpaired) electrons. The smallest absolute Gasteiger partial charge is 0.313 e. The maximum absolute atomic E-state index is 13.3. The van der Waals surface area contributed by atoms with Crippen LogP contribution in [0.2, 0.25) is 0 Å². The number of morpholine rings is 1. The zero-order chi connectivity index (χ0) is 16.9. The van der Waals surface area contributed by atoms with E-state index in [0.717, 1.165) is 0 Å². The molecule has 3 rings (SSSR count). The largest absolute Gasteiger partial charge is 0.370 e. The van der Waals surface area contributed by atoms with Crippen LogP contribution in [0.25, 0.3) is 0 Å². The molecule has 5 nitrogen and oxygen atoms in total. The number of ether oxygens (including phenoxy) is 1. The Balaban J connectivity index is 1.65. The molecule has 0 aliphatic carbocycles. The minimum Gasteiger partial charge on any atom is -0.370 e. The third kappa shape index (κ3) is 3.78. The number of hydrogen-bond donors (Lipinski definition) is 1. The van der Waals surface area contributed by atoms with Crippen LogP contribution in [-0.2, 0) is 14.3 Å². The van der Waals surface area contributed by atoms with Gasteiger partial charge in [-0.1, -0.05) is 30.3 Å². The fourth-order valence-electron chi connectivity index (χ4n) is 2.59. The molecule has 0 aromatic heterocycles. The maximum atomic E-state index is 13.3. The molecule has 1 saturated heterocycles. The molecule has 1 unspecified atom stereocenters.